The quantitative estimate of drug-likeness (QED) is 0.619. The Bertz CT molecular complexity index is 358. The van der Waals surface area contributed by atoms with E-state index in [1.54, 1.807) is 12.1 Å². The number of benzene rings is 1. The molecule has 0 heterocycles. The molecule has 1 fully saturated rings. The molecule has 0 aliphatic heterocycles. The molecule has 1 aromatic rings. The summed E-state index contributed by atoms with van der Waals surface area (Å²) in [5, 5.41) is -0.143. The van der Waals surface area contributed by atoms with Gasteiger partial charge in [0.05, 0.1) is 5.56 Å². The molecule has 0 aromatic heterocycles. The number of hydrogen-bond donors (Lipinski definition) is 0. The number of carbonyl (C=O) groups excluding carboxylic acids is 1. The van der Waals surface area contributed by atoms with Crippen molar-refractivity contribution < 1.29 is 9.53 Å². The van der Waals surface area contributed by atoms with E-state index < -0.39 is 0 Å². The van der Waals surface area contributed by atoms with E-state index in [1.165, 1.54) is 19.3 Å². The van der Waals surface area contributed by atoms with Crippen LogP contribution in [0.1, 0.15) is 42.5 Å². The monoisotopic (exact) mass is 296 g/mol. The fourth-order valence-electron chi connectivity index (χ4n) is 2.24. The van der Waals surface area contributed by atoms with Gasteiger partial charge in [-0.15, -0.1) is 0 Å². The van der Waals surface area contributed by atoms with Crippen LogP contribution < -0.4 is 0 Å². The predicted octanol–water partition coefficient (Wildman–Crippen LogP) is 4.14. The third-order valence-corrected chi connectivity index (χ3v) is 4.18. The summed E-state index contributed by atoms with van der Waals surface area (Å²) >= 11 is 3.49. The fourth-order valence-corrected chi connectivity index (χ4v) is 2.94. The molecule has 0 spiro atoms. The SMILES string of the molecule is O=C(OC(Br)C1CCCCC1)c1ccccc1. The Hall–Kier alpha value is -0.830. The number of rotatable bonds is 3. The van der Waals surface area contributed by atoms with E-state index in [0.717, 1.165) is 12.8 Å². The third kappa shape index (κ3) is 3.56. The largest absolute Gasteiger partial charge is 0.447 e. The highest BCUT2D eigenvalue weighted by molar-refractivity contribution is 9.09. The average molecular weight is 297 g/mol. The van der Waals surface area contributed by atoms with Crippen molar-refractivity contribution in [3.05, 3.63) is 35.9 Å². The lowest BCUT2D eigenvalue weighted by Crippen LogP contribution is -2.23. The van der Waals surface area contributed by atoms with Gasteiger partial charge in [0.1, 0.15) is 0 Å². The number of alkyl halides is 1. The maximum absolute atomic E-state index is 11.8. The van der Waals surface area contributed by atoms with Crippen molar-refractivity contribution in [3.63, 3.8) is 0 Å². The highest BCUT2D eigenvalue weighted by Gasteiger charge is 2.24. The van der Waals surface area contributed by atoms with Crippen molar-refractivity contribution in [2.45, 2.75) is 37.1 Å². The van der Waals surface area contributed by atoms with E-state index in [1.807, 2.05) is 18.2 Å². The van der Waals surface area contributed by atoms with Gasteiger partial charge in [0, 0.05) is 5.92 Å². The summed E-state index contributed by atoms with van der Waals surface area (Å²) in [4.78, 5) is 11.8. The van der Waals surface area contributed by atoms with Crippen molar-refractivity contribution in [2.24, 2.45) is 5.92 Å². The molecule has 0 radical (unpaired) electrons. The molecular weight excluding hydrogens is 280 g/mol. The van der Waals surface area contributed by atoms with E-state index >= 15 is 0 Å². The standard InChI is InChI=1S/C14H17BrO2/c15-13(11-7-3-1-4-8-11)17-14(16)12-9-5-2-6-10-12/h2,5-6,9-11,13H,1,3-4,7-8H2. The van der Waals surface area contributed by atoms with Gasteiger partial charge in [0.15, 0.2) is 5.01 Å². The van der Waals surface area contributed by atoms with E-state index in [4.69, 9.17) is 4.74 Å². The summed E-state index contributed by atoms with van der Waals surface area (Å²) in [7, 11) is 0. The predicted molar refractivity (Wildman–Crippen MR) is 71.1 cm³/mol. The molecule has 2 nitrogen and oxygen atoms in total. The first-order valence-electron chi connectivity index (χ1n) is 6.17. The summed E-state index contributed by atoms with van der Waals surface area (Å²) in [6.07, 6.45) is 6.10. The molecule has 1 saturated carbocycles. The molecule has 0 amide bonds. The number of carbonyl (C=O) groups is 1. The van der Waals surface area contributed by atoms with Crippen LogP contribution >= 0.6 is 15.9 Å². The fraction of sp³-hybridized carbons (Fsp3) is 0.500. The Morgan fingerprint density at radius 2 is 1.82 bits per heavy atom. The summed E-state index contributed by atoms with van der Waals surface area (Å²) in [5.41, 5.74) is 0.618. The van der Waals surface area contributed by atoms with Crippen molar-refractivity contribution in [2.75, 3.05) is 0 Å². The Morgan fingerprint density at radius 1 is 1.18 bits per heavy atom. The van der Waals surface area contributed by atoms with Crippen LogP contribution in [-0.4, -0.2) is 11.0 Å². The molecule has 1 atom stereocenters. The molecule has 1 aliphatic rings. The number of halogens is 1. The minimum Gasteiger partial charge on any atom is -0.447 e. The van der Waals surface area contributed by atoms with Crippen LogP contribution in [0.4, 0.5) is 0 Å². The van der Waals surface area contributed by atoms with Gasteiger partial charge in [-0.05, 0) is 40.9 Å². The maximum atomic E-state index is 11.8. The van der Waals surface area contributed by atoms with Crippen LogP contribution in [0.3, 0.4) is 0 Å². The van der Waals surface area contributed by atoms with Crippen LogP contribution in [0.15, 0.2) is 30.3 Å². The lowest BCUT2D eigenvalue weighted by atomic mass is 9.90. The number of hydrogen-bond acceptors (Lipinski definition) is 2. The van der Waals surface area contributed by atoms with E-state index in [2.05, 4.69) is 15.9 Å². The third-order valence-electron chi connectivity index (χ3n) is 3.25. The Balaban J connectivity index is 1.89. The van der Waals surface area contributed by atoms with Crippen molar-refractivity contribution in [1.82, 2.24) is 0 Å². The first-order valence-corrected chi connectivity index (χ1v) is 7.09. The highest BCUT2D eigenvalue weighted by atomic mass is 79.9. The maximum Gasteiger partial charge on any atom is 0.339 e. The summed E-state index contributed by atoms with van der Waals surface area (Å²) < 4.78 is 5.45. The second-order valence-corrected chi connectivity index (χ2v) is 5.42. The summed E-state index contributed by atoms with van der Waals surface area (Å²) in [5.74, 6) is 0.231. The second kappa shape index (κ2) is 6.20. The van der Waals surface area contributed by atoms with Crippen LogP contribution in [0, 0.1) is 5.92 Å². The molecular formula is C14H17BrO2. The van der Waals surface area contributed by atoms with Crippen LogP contribution in [0.2, 0.25) is 0 Å². The van der Waals surface area contributed by atoms with Crippen molar-refractivity contribution in [1.29, 1.82) is 0 Å². The zero-order chi connectivity index (χ0) is 12.1. The van der Waals surface area contributed by atoms with Gasteiger partial charge in [0.2, 0.25) is 0 Å². The number of esters is 1. The summed E-state index contributed by atoms with van der Waals surface area (Å²) in [6.45, 7) is 0. The minimum absolute atomic E-state index is 0.143. The molecule has 1 aliphatic carbocycles. The zero-order valence-electron chi connectivity index (χ0n) is 9.77. The molecule has 1 aromatic carbocycles. The lowest BCUT2D eigenvalue weighted by molar-refractivity contribution is 0.0346. The van der Waals surface area contributed by atoms with Gasteiger partial charge in [-0.1, -0.05) is 37.5 Å². The molecule has 2 rings (SSSR count). The van der Waals surface area contributed by atoms with Gasteiger partial charge in [-0.25, -0.2) is 4.79 Å². The molecule has 17 heavy (non-hydrogen) atoms. The van der Waals surface area contributed by atoms with Gasteiger partial charge in [-0.3, -0.25) is 0 Å². The Kier molecular flexibility index (Phi) is 4.60. The molecule has 0 N–H and O–H groups in total. The topological polar surface area (TPSA) is 26.3 Å². The van der Waals surface area contributed by atoms with Crippen molar-refractivity contribution in [3.8, 4) is 0 Å². The average Bonchev–Trinajstić information content (AvgIpc) is 2.40. The molecule has 3 heteroatoms. The minimum atomic E-state index is -0.238. The van der Waals surface area contributed by atoms with Gasteiger partial charge in [0.25, 0.3) is 0 Å². The normalized spacial score (nSPS) is 18.6. The van der Waals surface area contributed by atoms with E-state index in [-0.39, 0.29) is 11.0 Å². The smallest absolute Gasteiger partial charge is 0.339 e. The number of ether oxygens (including phenoxy) is 1. The first-order chi connectivity index (χ1) is 8.27. The van der Waals surface area contributed by atoms with Gasteiger partial charge >= 0.3 is 5.97 Å². The van der Waals surface area contributed by atoms with Crippen LogP contribution in [0.5, 0.6) is 0 Å². The molecule has 0 saturated heterocycles. The Labute approximate surface area is 110 Å². The van der Waals surface area contributed by atoms with Crippen LogP contribution in [-0.2, 0) is 4.74 Å². The lowest BCUT2D eigenvalue weighted by Gasteiger charge is -2.26. The highest BCUT2D eigenvalue weighted by Crippen LogP contribution is 2.31. The van der Waals surface area contributed by atoms with E-state index in [9.17, 15) is 4.79 Å². The van der Waals surface area contributed by atoms with E-state index in [0.29, 0.717) is 11.5 Å². The van der Waals surface area contributed by atoms with Crippen LogP contribution in [0.25, 0.3) is 0 Å². The van der Waals surface area contributed by atoms with Crippen molar-refractivity contribution >= 4 is 21.9 Å². The first kappa shape index (κ1) is 12.6. The summed E-state index contributed by atoms with van der Waals surface area (Å²) in [6, 6.07) is 9.15. The zero-order valence-corrected chi connectivity index (χ0v) is 11.4. The van der Waals surface area contributed by atoms with Gasteiger partial charge in [-0.2, -0.15) is 0 Å². The molecule has 1 unspecified atom stereocenters. The molecule has 0 bridgehead atoms. The second-order valence-electron chi connectivity index (χ2n) is 4.52. The Morgan fingerprint density at radius 3 is 2.47 bits per heavy atom. The molecule has 92 valence electrons. The van der Waals surface area contributed by atoms with Gasteiger partial charge < -0.3 is 4.74 Å².